The lowest BCUT2D eigenvalue weighted by Crippen LogP contribution is -2.11. The maximum absolute atomic E-state index is 12.0. The minimum Gasteiger partial charge on any atom is -0.457 e. The van der Waals surface area contributed by atoms with Crippen molar-refractivity contribution in [2.45, 2.75) is 26.2 Å². The van der Waals surface area contributed by atoms with Gasteiger partial charge in [0, 0.05) is 10.9 Å². The molecule has 1 amide bonds. The third-order valence-electron chi connectivity index (χ3n) is 3.24. The minimum absolute atomic E-state index is 0.186. The number of carbonyl (C=O) groups is 1. The zero-order chi connectivity index (χ0) is 13.4. The Hall–Kier alpha value is -1.14. The Morgan fingerprint density at radius 3 is 3.21 bits per heavy atom. The van der Waals surface area contributed by atoms with Crippen molar-refractivity contribution < 1.29 is 9.21 Å². The molecule has 0 bridgehead atoms. The van der Waals surface area contributed by atoms with Gasteiger partial charge in [-0.05, 0) is 41.1 Å². The summed E-state index contributed by atoms with van der Waals surface area (Å²) in [7, 11) is 0. The lowest BCUT2D eigenvalue weighted by Gasteiger charge is -2.15. The number of nitrogens with zero attached hydrogens (tertiary/aromatic N) is 1. The molecule has 1 aliphatic carbocycles. The first-order chi connectivity index (χ1) is 9.11. The van der Waals surface area contributed by atoms with Gasteiger partial charge in [0.15, 0.2) is 9.80 Å². The van der Waals surface area contributed by atoms with Crippen molar-refractivity contribution in [3.05, 3.63) is 33.1 Å². The van der Waals surface area contributed by atoms with E-state index in [9.17, 15) is 4.79 Å². The number of hydrogen-bond donors (Lipinski definition) is 1. The quantitative estimate of drug-likeness (QED) is 0.902. The summed E-state index contributed by atoms with van der Waals surface area (Å²) >= 11 is 4.76. The van der Waals surface area contributed by atoms with E-state index in [1.807, 2.05) is 0 Å². The van der Waals surface area contributed by atoms with Crippen LogP contribution in [0.4, 0.5) is 5.13 Å². The number of aromatic nitrogens is 1. The van der Waals surface area contributed by atoms with Crippen molar-refractivity contribution in [1.82, 2.24) is 4.98 Å². The van der Waals surface area contributed by atoms with Crippen molar-refractivity contribution >= 4 is 38.3 Å². The number of hydrogen-bond acceptors (Lipinski definition) is 4. The molecule has 0 aromatic carbocycles. The van der Waals surface area contributed by atoms with Gasteiger partial charge >= 0.3 is 0 Å². The summed E-state index contributed by atoms with van der Waals surface area (Å²) in [6.45, 7) is 2.25. The molecule has 1 unspecified atom stereocenters. The minimum atomic E-state index is -0.186. The summed E-state index contributed by atoms with van der Waals surface area (Å²) in [5.41, 5.74) is 1.64. The summed E-state index contributed by atoms with van der Waals surface area (Å²) in [6.07, 6.45) is 4.69. The molecule has 2 aromatic heterocycles. The van der Waals surface area contributed by atoms with Gasteiger partial charge in [-0.2, -0.15) is 0 Å². The van der Waals surface area contributed by atoms with Gasteiger partial charge in [-0.3, -0.25) is 10.1 Å². The molecule has 1 aliphatic rings. The molecule has 1 atom stereocenters. The average molecular weight is 341 g/mol. The van der Waals surface area contributed by atoms with Crippen LogP contribution in [0, 0.1) is 5.92 Å². The normalized spacial score (nSPS) is 18.1. The first-order valence-corrected chi connectivity index (χ1v) is 7.76. The van der Waals surface area contributed by atoms with Crippen LogP contribution >= 0.6 is 27.3 Å². The van der Waals surface area contributed by atoms with Gasteiger partial charge in [-0.1, -0.05) is 6.92 Å². The highest BCUT2D eigenvalue weighted by Crippen LogP contribution is 2.32. The average Bonchev–Trinajstić information content (AvgIpc) is 2.94. The number of aryl methyl sites for hydroxylation is 1. The second-order valence-corrected chi connectivity index (χ2v) is 6.70. The van der Waals surface area contributed by atoms with Gasteiger partial charge in [-0.25, -0.2) is 4.98 Å². The van der Waals surface area contributed by atoms with E-state index in [0.29, 0.717) is 21.3 Å². The van der Waals surface area contributed by atoms with Crippen molar-refractivity contribution in [3.8, 4) is 0 Å². The van der Waals surface area contributed by atoms with Gasteiger partial charge in [-0.15, -0.1) is 11.3 Å². The fraction of sp³-hybridized carbons (Fsp3) is 0.385. The molecule has 2 heterocycles. The van der Waals surface area contributed by atoms with Gasteiger partial charge in [0.1, 0.15) is 6.26 Å². The highest BCUT2D eigenvalue weighted by molar-refractivity contribution is 9.10. The SMILES string of the molecule is CC1CCc2nc(NC(=O)c3coc(Br)c3)sc2C1. The molecular weight excluding hydrogens is 328 g/mol. The molecule has 0 radical (unpaired) electrons. The van der Waals surface area contributed by atoms with E-state index in [1.165, 1.54) is 17.6 Å². The Morgan fingerprint density at radius 1 is 1.63 bits per heavy atom. The molecule has 4 nitrogen and oxygen atoms in total. The van der Waals surface area contributed by atoms with E-state index in [0.717, 1.165) is 18.5 Å². The summed E-state index contributed by atoms with van der Waals surface area (Å²) < 4.78 is 5.60. The first-order valence-electron chi connectivity index (χ1n) is 6.16. The molecular formula is C13H13BrN2O2S. The van der Waals surface area contributed by atoms with Crippen LogP contribution in [0.5, 0.6) is 0 Å². The van der Waals surface area contributed by atoms with E-state index < -0.39 is 0 Å². The Balaban J connectivity index is 1.75. The second kappa shape index (κ2) is 5.09. The van der Waals surface area contributed by atoms with Crippen LogP contribution in [-0.2, 0) is 12.8 Å². The van der Waals surface area contributed by atoms with Crippen LogP contribution in [-0.4, -0.2) is 10.9 Å². The number of thiazole rings is 1. The molecule has 2 aromatic rings. The highest BCUT2D eigenvalue weighted by atomic mass is 79.9. The molecule has 0 saturated carbocycles. The fourth-order valence-electron chi connectivity index (χ4n) is 2.19. The van der Waals surface area contributed by atoms with Gasteiger partial charge in [0.2, 0.25) is 0 Å². The summed E-state index contributed by atoms with van der Waals surface area (Å²) in [5, 5.41) is 3.51. The zero-order valence-corrected chi connectivity index (χ0v) is 12.8. The number of carbonyl (C=O) groups excluding carboxylic acids is 1. The number of nitrogens with one attached hydrogen (secondary N) is 1. The zero-order valence-electron chi connectivity index (χ0n) is 10.4. The third kappa shape index (κ3) is 2.74. The maximum atomic E-state index is 12.0. The fourth-order valence-corrected chi connectivity index (χ4v) is 3.70. The predicted molar refractivity (Wildman–Crippen MR) is 77.7 cm³/mol. The number of rotatable bonds is 2. The first kappa shape index (κ1) is 12.9. The Labute approximate surface area is 123 Å². The number of anilines is 1. The van der Waals surface area contributed by atoms with Crippen molar-refractivity contribution in [1.29, 1.82) is 0 Å². The number of fused-ring (bicyclic) bond motifs is 1. The Bertz CT molecular complexity index is 620. The molecule has 1 N–H and O–H groups in total. The van der Waals surface area contributed by atoms with E-state index >= 15 is 0 Å². The Morgan fingerprint density at radius 2 is 2.47 bits per heavy atom. The summed E-state index contributed by atoms with van der Waals surface area (Å²) in [6, 6.07) is 1.64. The van der Waals surface area contributed by atoms with Crippen molar-refractivity contribution in [2.24, 2.45) is 5.92 Å². The predicted octanol–water partition coefficient (Wildman–Crippen LogP) is 3.88. The molecule has 100 valence electrons. The van der Waals surface area contributed by atoms with E-state index in [1.54, 1.807) is 17.4 Å². The Kier molecular flexibility index (Phi) is 3.45. The molecule has 6 heteroatoms. The van der Waals surface area contributed by atoms with Crippen LogP contribution in [0.2, 0.25) is 0 Å². The van der Waals surface area contributed by atoms with Crippen LogP contribution < -0.4 is 5.32 Å². The summed E-state index contributed by atoms with van der Waals surface area (Å²) in [5.74, 6) is 0.523. The molecule has 0 spiro atoms. The van der Waals surface area contributed by atoms with E-state index in [-0.39, 0.29) is 5.91 Å². The molecule has 3 rings (SSSR count). The van der Waals surface area contributed by atoms with Gasteiger partial charge < -0.3 is 4.42 Å². The van der Waals surface area contributed by atoms with E-state index in [2.05, 4.69) is 33.2 Å². The smallest absolute Gasteiger partial charge is 0.260 e. The topological polar surface area (TPSA) is 55.1 Å². The number of amides is 1. The second-order valence-electron chi connectivity index (χ2n) is 4.83. The van der Waals surface area contributed by atoms with Gasteiger partial charge in [0.05, 0.1) is 11.3 Å². The largest absolute Gasteiger partial charge is 0.457 e. The summed E-state index contributed by atoms with van der Waals surface area (Å²) in [4.78, 5) is 17.8. The van der Waals surface area contributed by atoms with Gasteiger partial charge in [0.25, 0.3) is 5.91 Å². The lowest BCUT2D eigenvalue weighted by atomic mass is 9.93. The lowest BCUT2D eigenvalue weighted by molar-refractivity contribution is 0.102. The van der Waals surface area contributed by atoms with Crippen LogP contribution in [0.25, 0.3) is 0 Å². The standard InChI is InChI=1S/C13H13BrN2O2S/c1-7-2-3-9-10(4-7)19-13(15-9)16-12(17)8-5-11(14)18-6-8/h5-7H,2-4H2,1H3,(H,15,16,17). The van der Waals surface area contributed by atoms with Crippen LogP contribution in [0.3, 0.4) is 0 Å². The maximum Gasteiger partial charge on any atom is 0.260 e. The number of furan rings is 1. The third-order valence-corrected chi connectivity index (χ3v) is 4.69. The van der Waals surface area contributed by atoms with Crippen LogP contribution in [0.15, 0.2) is 21.4 Å². The number of halogens is 1. The molecule has 0 saturated heterocycles. The highest BCUT2D eigenvalue weighted by Gasteiger charge is 2.21. The molecule has 0 fully saturated rings. The molecule has 0 aliphatic heterocycles. The van der Waals surface area contributed by atoms with Crippen molar-refractivity contribution in [3.63, 3.8) is 0 Å². The monoisotopic (exact) mass is 340 g/mol. The molecule has 19 heavy (non-hydrogen) atoms. The van der Waals surface area contributed by atoms with Crippen LogP contribution in [0.1, 0.15) is 34.3 Å². The van der Waals surface area contributed by atoms with E-state index in [4.69, 9.17) is 4.42 Å². The van der Waals surface area contributed by atoms with Crippen molar-refractivity contribution in [2.75, 3.05) is 5.32 Å².